The van der Waals surface area contributed by atoms with E-state index >= 15 is 0 Å². The highest BCUT2D eigenvalue weighted by molar-refractivity contribution is 6.07. The highest BCUT2D eigenvalue weighted by Gasteiger charge is 2.21. The zero-order valence-electron chi connectivity index (χ0n) is 16.3. The fourth-order valence-electron chi connectivity index (χ4n) is 2.62. The molecule has 0 radical (unpaired) electrons. The van der Waals surface area contributed by atoms with Crippen LogP contribution in [-0.4, -0.2) is 16.8 Å². The number of benzene rings is 2. The van der Waals surface area contributed by atoms with Gasteiger partial charge in [0.2, 0.25) is 5.91 Å². The van der Waals surface area contributed by atoms with E-state index in [2.05, 4.69) is 15.6 Å². The van der Waals surface area contributed by atoms with Gasteiger partial charge in [-0.25, -0.2) is 4.39 Å². The van der Waals surface area contributed by atoms with Gasteiger partial charge in [0.05, 0.1) is 16.8 Å². The molecule has 1 aromatic heterocycles. The maximum Gasteiger partial charge on any atom is 0.257 e. The van der Waals surface area contributed by atoms with Crippen molar-refractivity contribution in [3.63, 3.8) is 0 Å². The van der Waals surface area contributed by atoms with Crippen LogP contribution in [0, 0.1) is 18.2 Å². The molecule has 2 amide bonds. The first-order valence-electron chi connectivity index (χ1n) is 8.93. The number of amides is 2. The number of fused-ring (bicyclic) bond motifs is 1. The summed E-state index contributed by atoms with van der Waals surface area (Å²) in [6.07, 6.45) is 0. The van der Waals surface area contributed by atoms with Gasteiger partial charge in [0, 0.05) is 28.2 Å². The van der Waals surface area contributed by atoms with Crippen molar-refractivity contribution >= 4 is 34.1 Å². The van der Waals surface area contributed by atoms with Crippen LogP contribution in [0.5, 0.6) is 0 Å². The number of aromatic nitrogens is 1. The summed E-state index contributed by atoms with van der Waals surface area (Å²) in [6.45, 7) is 7.23. The molecule has 0 saturated carbocycles. The average molecular weight is 379 g/mol. The van der Waals surface area contributed by atoms with Crippen molar-refractivity contribution in [3.05, 3.63) is 65.6 Å². The molecule has 0 fully saturated rings. The number of aryl methyl sites for hydroxylation is 1. The molecular formula is C22H22FN3O2. The van der Waals surface area contributed by atoms with Crippen molar-refractivity contribution in [1.82, 2.24) is 4.98 Å². The smallest absolute Gasteiger partial charge is 0.257 e. The molecule has 144 valence electrons. The molecule has 0 aliphatic carbocycles. The Kier molecular flexibility index (Phi) is 5.14. The zero-order chi connectivity index (χ0) is 20.5. The van der Waals surface area contributed by atoms with Crippen LogP contribution in [0.25, 0.3) is 10.9 Å². The number of carbonyl (C=O) groups excluding carboxylic acids is 2. The Morgan fingerprint density at radius 2 is 1.54 bits per heavy atom. The van der Waals surface area contributed by atoms with Gasteiger partial charge in [-0.1, -0.05) is 20.8 Å². The summed E-state index contributed by atoms with van der Waals surface area (Å²) < 4.78 is 13.3. The van der Waals surface area contributed by atoms with Crippen molar-refractivity contribution in [2.24, 2.45) is 5.41 Å². The highest BCUT2D eigenvalue weighted by atomic mass is 19.1. The molecule has 2 N–H and O–H groups in total. The van der Waals surface area contributed by atoms with E-state index < -0.39 is 5.41 Å². The molecule has 0 bridgehead atoms. The fourth-order valence-corrected chi connectivity index (χ4v) is 2.62. The van der Waals surface area contributed by atoms with E-state index in [-0.39, 0.29) is 17.6 Å². The van der Waals surface area contributed by atoms with Crippen LogP contribution in [0.4, 0.5) is 15.8 Å². The lowest BCUT2D eigenvalue weighted by molar-refractivity contribution is -0.123. The van der Waals surface area contributed by atoms with Gasteiger partial charge in [0.1, 0.15) is 5.82 Å². The molecule has 3 aromatic rings. The van der Waals surface area contributed by atoms with Gasteiger partial charge >= 0.3 is 0 Å². The Labute approximate surface area is 163 Å². The number of hydrogen-bond donors (Lipinski definition) is 2. The summed E-state index contributed by atoms with van der Waals surface area (Å²) in [5, 5.41) is 6.35. The van der Waals surface area contributed by atoms with Crippen molar-refractivity contribution in [1.29, 1.82) is 0 Å². The standard InChI is InChI=1S/C22H22FN3O2/c1-13-18(11-14-5-6-15(23)12-19(14)24-13)20(27)25-16-7-9-17(10-8-16)26-21(28)22(2,3)4/h5-12H,1-4H3,(H,25,27)(H,26,28). The average Bonchev–Trinajstić information content (AvgIpc) is 2.61. The minimum atomic E-state index is -0.490. The van der Waals surface area contributed by atoms with Gasteiger partial charge in [-0.2, -0.15) is 0 Å². The van der Waals surface area contributed by atoms with E-state index in [0.717, 1.165) is 0 Å². The molecule has 0 spiro atoms. The summed E-state index contributed by atoms with van der Waals surface area (Å²) in [5.41, 5.74) is 2.21. The second-order valence-corrected chi connectivity index (χ2v) is 7.69. The molecule has 0 saturated heterocycles. The minimum absolute atomic E-state index is 0.0846. The summed E-state index contributed by atoms with van der Waals surface area (Å²) >= 11 is 0. The van der Waals surface area contributed by atoms with Crippen LogP contribution in [0.1, 0.15) is 36.8 Å². The third-order valence-corrected chi connectivity index (χ3v) is 4.30. The van der Waals surface area contributed by atoms with Gasteiger partial charge < -0.3 is 10.6 Å². The SMILES string of the molecule is Cc1nc2cc(F)ccc2cc1C(=O)Nc1ccc(NC(=O)C(C)(C)C)cc1. The highest BCUT2D eigenvalue weighted by Crippen LogP contribution is 2.21. The fraction of sp³-hybridized carbons (Fsp3) is 0.227. The minimum Gasteiger partial charge on any atom is -0.326 e. The quantitative estimate of drug-likeness (QED) is 0.679. The largest absolute Gasteiger partial charge is 0.326 e. The molecule has 2 aromatic carbocycles. The van der Waals surface area contributed by atoms with E-state index in [0.29, 0.717) is 33.5 Å². The van der Waals surface area contributed by atoms with Crippen molar-refractivity contribution in [3.8, 4) is 0 Å². The maximum atomic E-state index is 13.3. The number of hydrogen-bond acceptors (Lipinski definition) is 3. The van der Waals surface area contributed by atoms with E-state index in [1.54, 1.807) is 43.3 Å². The van der Waals surface area contributed by atoms with Crippen LogP contribution in [0.15, 0.2) is 48.5 Å². The third-order valence-electron chi connectivity index (χ3n) is 4.30. The molecule has 5 nitrogen and oxygen atoms in total. The van der Waals surface area contributed by atoms with Gasteiger partial charge in [-0.15, -0.1) is 0 Å². The summed E-state index contributed by atoms with van der Waals surface area (Å²) in [5.74, 6) is -0.753. The van der Waals surface area contributed by atoms with Crippen LogP contribution in [-0.2, 0) is 4.79 Å². The molecule has 0 unspecified atom stereocenters. The van der Waals surface area contributed by atoms with Crippen LogP contribution in [0.3, 0.4) is 0 Å². The van der Waals surface area contributed by atoms with Gasteiger partial charge in [-0.3, -0.25) is 14.6 Å². The normalized spacial score (nSPS) is 11.3. The molecule has 28 heavy (non-hydrogen) atoms. The molecule has 1 heterocycles. The summed E-state index contributed by atoms with van der Waals surface area (Å²) in [6, 6.07) is 12.9. The molecule has 0 atom stereocenters. The van der Waals surface area contributed by atoms with Crippen molar-refractivity contribution in [2.75, 3.05) is 10.6 Å². The van der Waals surface area contributed by atoms with Gasteiger partial charge in [-0.05, 0) is 49.4 Å². The van der Waals surface area contributed by atoms with Crippen molar-refractivity contribution in [2.45, 2.75) is 27.7 Å². The second kappa shape index (κ2) is 7.38. The molecule has 3 rings (SSSR count). The Hall–Kier alpha value is -3.28. The van der Waals surface area contributed by atoms with Crippen molar-refractivity contribution < 1.29 is 14.0 Å². The number of nitrogens with one attached hydrogen (secondary N) is 2. The Bertz CT molecular complexity index is 1050. The summed E-state index contributed by atoms with van der Waals surface area (Å²) in [4.78, 5) is 29.0. The molecule has 0 aliphatic heterocycles. The van der Waals surface area contributed by atoms with E-state index in [1.807, 2.05) is 20.8 Å². The molecule has 0 aliphatic rings. The number of halogens is 1. The van der Waals surface area contributed by atoms with Crippen LogP contribution in [0.2, 0.25) is 0 Å². The number of carbonyl (C=O) groups is 2. The maximum absolute atomic E-state index is 13.3. The third kappa shape index (κ3) is 4.34. The first-order chi connectivity index (χ1) is 13.1. The van der Waals surface area contributed by atoms with Gasteiger partial charge in [0.25, 0.3) is 5.91 Å². The molecular weight excluding hydrogens is 357 g/mol. The molecule has 6 heteroatoms. The first-order valence-corrected chi connectivity index (χ1v) is 8.93. The predicted molar refractivity (Wildman–Crippen MR) is 109 cm³/mol. The lowest BCUT2D eigenvalue weighted by Crippen LogP contribution is -2.27. The summed E-state index contributed by atoms with van der Waals surface area (Å²) in [7, 11) is 0. The number of nitrogens with zero attached hydrogens (tertiary/aromatic N) is 1. The Morgan fingerprint density at radius 3 is 2.14 bits per heavy atom. The van der Waals surface area contributed by atoms with Crippen LogP contribution < -0.4 is 10.6 Å². The first kappa shape index (κ1) is 19.5. The van der Waals surface area contributed by atoms with E-state index in [4.69, 9.17) is 0 Å². The second-order valence-electron chi connectivity index (χ2n) is 7.69. The van der Waals surface area contributed by atoms with Crippen LogP contribution >= 0.6 is 0 Å². The van der Waals surface area contributed by atoms with Gasteiger partial charge in [0.15, 0.2) is 0 Å². The number of rotatable bonds is 3. The van der Waals surface area contributed by atoms with E-state index in [9.17, 15) is 14.0 Å². The Balaban J connectivity index is 1.76. The van der Waals surface area contributed by atoms with E-state index in [1.165, 1.54) is 12.1 Å². The topological polar surface area (TPSA) is 71.1 Å². The number of pyridine rings is 1. The Morgan fingerprint density at radius 1 is 0.929 bits per heavy atom. The predicted octanol–water partition coefficient (Wildman–Crippen LogP) is 4.92. The monoisotopic (exact) mass is 379 g/mol. The zero-order valence-corrected chi connectivity index (χ0v) is 16.3. The number of anilines is 2. The lowest BCUT2D eigenvalue weighted by Gasteiger charge is -2.17. The lowest BCUT2D eigenvalue weighted by atomic mass is 9.95.